The first-order valence-corrected chi connectivity index (χ1v) is 9.25. The smallest absolute Gasteiger partial charge is 0.338 e. The number of thiol groups is 1. The SMILES string of the molecule is O=C(O[C@H]1C(O)[C@H]2OC(c3ccccc3)OCC2O[C@H]1S)c1ccccc1. The van der Waals surface area contributed by atoms with Gasteiger partial charge in [0, 0.05) is 5.56 Å². The van der Waals surface area contributed by atoms with E-state index >= 15 is 0 Å². The molecule has 1 N–H and O–H groups in total. The predicted octanol–water partition coefficient (Wildman–Crippen LogP) is 2.34. The molecule has 0 aromatic heterocycles. The maximum atomic E-state index is 12.4. The summed E-state index contributed by atoms with van der Waals surface area (Å²) in [7, 11) is 0. The number of fused-ring (bicyclic) bond motifs is 1. The second-order valence-corrected chi connectivity index (χ2v) is 6.98. The summed E-state index contributed by atoms with van der Waals surface area (Å²) in [6, 6.07) is 18.0. The number of rotatable bonds is 3. The van der Waals surface area contributed by atoms with Gasteiger partial charge in [-0.25, -0.2) is 4.79 Å². The molecule has 0 spiro atoms. The molecule has 4 rings (SSSR count). The molecule has 27 heavy (non-hydrogen) atoms. The first kappa shape index (κ1) is 18.5. The topological polar surface area (TPSA) is 74.2 Å². The third kappa shape index (κ3) is 3.88. The lowest BCUT2D eigenvalue weighted by molar-refractivity contribution is -0.317. The molecule has 0 amide bonds. The van der Waals surface area contributed by atoms with Crippen LogP contribution in [0.25, 0.3) is 0 Å². The maximum Gasteiger partial charge on any atom is 0.338 e. The molecule has 2 fully saturated rings. The largest absolute Gasteiger partial charge is 0.452 e. The second-order valence-electron chi connectivity index (χ2n) is 6.47. The van der Waals surface area contributed by atoms with Gasteiger partial charge in [0.15, 0.2) is 12.4 Å². The zero-order valence-corrected chi connectivity index (χ0v) is 15.3. The Morgan fingerprint density at radius 3 is 2.41 bits per heavy atom. The number of hydrogen-bond acceptors (Lipinski definition) is 7. The number of aliphatic hydroxyl groups excluding tert-OH is 1. The van der Waals surface area contributed by atoms with Crippen molar-refractivity contribution in [3.63, 3.8) is 0 Å². The minimum Gasteiger partial charge on any atom is -0.452 e. The van der Waals surface area contributed by atoms with Gasteiger partial charge in [-0.05, 0) is 12.1 Å². The number of esters is 1. The van der Waals surface area contributed by atoms with Gasteiger partial charge in [-0.1, -0.05) is 48.5 Å². The monoisotopic (exact) mass is 388 g/mol. The molecule has 0 bridgehead atoms. The molecule has 2 saturated heterocycles. The van der Waals surface area contributed by atoms with E-state index in [1.807, 2.05) is 30.3 Å². The summed E-state index contributed by atoms with van der Waals surface area (Å²) in [5.74, 6) is -0.549. The van der Waals surface area contributed by atoms with Crippen molar-refractivity contribution >= 4 is 18.6 Å². The lowest BCUT2D eigenvalue weighted by atomic mass is 9.98. The van der Waals surface area contributed by atoms with Gasteiger partial charge < -0.3 is 24.1 Å². The summed E-state index contributed by atoms with van der Waals surface area (Å²) in [5, 5.41) is 10.8. The van der Waals surface area contributed by atoms with Gasteiger partial charge in [0.25, 0.3) is 0 Å². The highest BCUT2D eigenvalue weighted by atomic mass is 32.1. The number of benzene rings is 2. The van der Waals surface area contributed by atoms with E-state index in [2.05, 4.69) is 12.6 Å². The Balaban J connectivity index is 1.48. The van der Waals surface area contributed by atoms with E-state index in [1.54, 1.807) is 30.3 Å². The summed E-state index contributed by atoms with van der Waals surface area (Å²) in [4.78, 5) is 12.4. The molecule has 2 aromatic carbocycles. The van der Waals surface area contributed by atoms with Gasteiger partial charge in [0.05, 0.1) is 12.2 Å². The first-order chi connectivity index (χ1) is 13.1. The molecular weight excluding hydrogens is 368 g/mol. The maximum absolute atomic E-state index is 12.4. The standard InChI is InChI=1S/C20H20O6S/c21-15-16-14(11-23-19(26-16)13-9-5-2-6-10-13)24-20(27)17(15)25-18(22)12-7-3-1-4-8-12/h1-10,14-17,19-21,27H,11H2/t14?,15?,16-,17-,19?,20-/m0/s1. The molecule has 2 heterocycles. The molecule has 0 saturated carbocycles. The highest BCUT2D eigenvalue weighted by Gasteiger charge is 2.50. The molecule has 142 valence electrons. The van der Waals surface area contributed by atoms with E-state index in [-0.39, 0.29) is 6.61 Å². The van der Waals surface area contributed by atoms with Crippen LogP contribution < -0.4 is 0 Å². The van der Waals surface area contributed by atoms with Crippen molar-refractivity contribution < 1.29 is 28.8 Å². The number of carbonyl (C=O) groups excluding carboxylic acids is 1. The van der Waals surface area contributed by atoms with Crippen molar-refractivity contribution in [1.29, 1.82) is 0 Å². The van der Waals surface area contributed by atoms with E-state index in [1.165, 1.54) is 0 Å². The number of carbonyl (C=O) groups is 1. The van der Waals surface area contributed by atoms with Crippen molar-refractivity contribution in [1.82, 2.24) is 0 Å². The Morgan fingerprint density at radius 1 is 1.04 bits per heavy atom. The molecular formula is C20H20O6S. The van der Waals surface area contributed by atoms with Crippen molar-refractivity contribution in [3.05, 3.63) is 71.8 Å². The number of aliphatic hydroxyl groups is 1. The molecule has 2 aliphatic heterocycles. The molecule has 6 atom stereocenters. The van der Waals surface area contributed by atoms with E-state index < -0.39 is 42.1 Å². The third-order valence-corrected chi connectivity index (χ3v) is 5.07. The Hall–Kier alpha value is -1.90. The highest BCUT2D eigenvalue weighted by Crippen LogP contribution is 2.36. The minimum absolute atomic E-state index is 0.248. The van der Waals surface area contributed by atoms with Crippen LogP contribution >= 0.6 is 12.6 Å². The second kappa shape index (κ2) is 8.00. The Kier molecular flexibility index (Phi) is 5.47. The van der Waals surface area contributed by atoms with Gasteiger partial charge in [0.2, 0.25) is 0 Å². The average Bonchev–Trinajstić information content (AvgIpc) is 2.72. The van der Waals surface area contributed by atoms with Gasteiger partial charge in [-0.2, -0.15) is 0 Å². The molecule has 3 unspecified atom stereocenters. The van der Waals surface area contributed by atoms with Crippen LogP contribution in [0.15, 0.2) is 60.7 Å². The molecule has 2 aromatic rings. The van der Waals surface area contributed by atoms with Crippen molar-refractivity contribution in [3.8, 4) is 0 Å². The fourth-order valence-corrected chi connectivity index (χ4v) is 3.65. The summed E-state index contributed by atoms with van der Waals surface area (Å²) < 4.78 is 22.9. The molecule has 6 nitrogen and oxygen atoms in total. The van der Waals surface area contributed by atoms with Crippen molar-refractivity contribution in [2.24, 2.45) is 0 Å². The predicted molar refractivity (Wildman–Crippen MR) is 99.3 cm³/mol. The van der Waals surface area contributed by atoms with E-state index in [0.717, 1.165) is 5.56 Å². The van der Waals surface area contributed by atoms with Crippen LogP contribution in [0.3, 0.4) is 0 Å². The number of hydrogen-bond donors (Lipinski definition) is 2. The van der Waals surface area contributed by atoms with Gasteiger partial charge >= 0.3 is 5.97 Å². The molecule has 0 aliphatic carbocycles. The third-order valence-electron chi connectivity index (χ3n) is 4.65. The van der Waals surface area contributed by atoms with Gasteiger partial charge in [0.1, 0.15) is 23.7 Å². The Morgan fingerprint density at radius 2 is 1.70 bits per heavy atom. The summed E-state index contributed by atoms with van der Waals surface area (Å²) in [6.45, 7) is 0.248. The Bertz CT molecular complexity index is 771. The summed E-state index contributed by atoms with van der Waals surface area (Å²) in [6.07, 6.45) is -3.85. The fraction of sp³-hybridized carbons (Fsp3) is 0.350. The van der Waals surface area contributed by atoms with Crippen molar-refractivity contribution in [2.75, 3.05) is 6.61 Å². The van der Waals surface area contributed by atoms with Crippen LogP contribution in [0.1, 0.15) is 22.2 Å². The van der Waals surface area contributed by atoms with Gasteiger partial charge in [-0.3, -0.25) is 0 Å². The van der Waals surface area contributed by atoms with E-state index in [9.17, 15) is 9.90 Å². The zero-order chi connectivity index (χ0) is 18.8. The molecule has 7 heteroatoms. The van der Waals surface area contributed by atoms with Crippen LogP contribution in [0.2, 0.25) is 0 Å². The molecule has 0 radical (unpaired) electrons. The van der Waals surface area contributed by atoms with Crippen LogP contribution in [0.4, 0.5) is 0 Å². The van der Waals surface area contributed by atoms with E-state index in [4.69, 9.17) is 18.9 Å². The van der Waals surface area contributed by atoms with Crippen LogP contribution in [-0.4, -0.2) is 47.5 Å². The average molecular weight is 388 g/mol. The summed E-state index contributed by atoms with van der Waals surface area (Å²) >= 11 is 4.34. The fourth-order valence-electron chi connectivity index (χ4n) is 3.25. The summed E-state index contributed by atoms with van der Waals surface area (Å²) in [5.41, 5.74) is 0.450. The van der Waals surface area contributed by atoms with Crippen LogP contribution in [0, 0.1) is 0 Å². The lowest BCUT2D eigenvalue weighted by Gasteiger charge is -2.46. The Labute approximate surface area is 162 Å². The van der Waals surface area contributed by atoms with Crippen LogP contribution in [0.5, 0.6) is 0 Å². The van der Waals surface area contributed by atoms with E-state index in [0.29, 0.717) is 5.56 Å². The lowest BCUT2D eigenvalue weighted by Crippen LogP contribution is -2.61. The van der Waals surface area contributed by atoms with Crippen molar-refractivity contribution in [2.45, 2.75) is 36.1 Å². The minimum atomic E-state index is -1.09. The highest BCUT2D eigenvalue weighted by molar-refractivity contribution is 7.80. The molecule has 2 aliphatic rings. The zero-order valence-electron chi connectivity index (χ0n) is 14.4. The normalized spacial score (nSPS) is 33.1. The number of ether oxygens (including phenoxy) is 4. The quantitative estimate of drug-likeness (QED) is 0.621. The van der Waals surface area contributed by atoms with Crippen LogP contribution in [-0.2, 0) is 18.9 Å². The van der Waals surface area contributed by atoms with Gasteiger partial charge in [-0.15, -0.1) is 12.6 Å². The first-order valence-electron chi connectivity index (χ1n) is 8.73.